The second kappa shape index (κ2) is 7.73. The van der Waals surface area contributed by atoms with E-state index in [4.69, 9.17) is 10.2 Å². The Labute approximate surface area is 157 Å². The molecule has 1 aliphatic rings. The fourth-order valence-corrected chi connectivity index (χ4v) is 3.41. The fourth-order valence-electron chi connectivity index (χ4n) is 3.41. The van der Waals surface area contributed by atoms with Crippen molar-refractivity contribution in [2.24, 2.45) is 0 Å². The number of anilines is 2. The lowest BCUT2D eigenvalue weighted by Crippen LogP contribution is -2.38. The van der Waals surface area contributed by atoms with E-state index in [9.17, 15) is 5.11 Å². The first kappa shape index (κ1) is 17.4. The molecule has 1 fully saturated rings. The molecule has 0 spiro atoms. The van der Waals surface area contributed by atoms with E-state index in [0.717, 1.165) is 30.2 Å². The van der Waals surface area contributed by atoms with Gasteiger partial charge in [-0.3, -0.25) is 0 Å². The van der Waals surface area contributed by atoms with Crippen LogP contribution in [-0.2, 0) is 6.54 Å². The third-order valence-corrected chi connectivity index (χ3v) is 4.74. The number of aromatic nitrogens is 3. The van der Waals surface area contributed by atoms with Crippen LogP contribution in [0.1, 0.15) is 12.0 Å². The Kier molecular flexibility index (Phi) is 4.99. The van der Waals surface area contributed by atoms with Crippen molar-refractivity contribution in [2.75, 3.05) is 23.7 Å². The quantitative estimate of drug-likeness (QED) is 0.601. The van der Waals surface area contributed by atoms with Crippen molar-refractivity contribution in [3.05, 3.63) is 54.8 Å². The molecule has 3 heterocycles. The second-order valence-corrected chi connectivity index (χ2v) is 6.69. The third-order valence-electron chi connectivity index (χ3n) is 4.74. The molecule has 1 aromatic carbocycles. The molecule has 0 radical (unpaired) electrons. The molecule has 0 saturated carbocycles. The Bertz CT molecular complexity index is 868. The van der Waals surface area contributed by atoms with Crippen LogP contribution in [-0.4, -0.2) is 45.3 Å². The molecule has 0 unspecified atom stereocenters. The maximum Gasteiger partial charge on any atom is 0.181 e. The Balaban J connectivity index is 1.35. The van der Waals surface area contributed by atoms with Gasteiger partial charge in [0.05, 0.1) is 12.3 Å². The third kappa shape index (κ3) is 4.07. The monoisotopic (exact) mass is 366 g/mol. The van der Waals surface area contributed by atoms with Crippen LogP contribution < -0.4 is 16.0 Å². The highest BCUT2D eigenvalue weighted by atomic mass is 16.3. The summed E-state index contributed by atoms with van der Waals surface area (Å²) in [5.41, 5.74) is 7.94. The summed E-state index contributed by atoms with van der Waals surface area (Å²) >= 11 is 0. The van der Waals surface area contributed by atoms with Crippen LogP contribution in [0.25, 0.3) is 11.3 Å². The fraction of sp³-hybridized carbons (Fsp3) is 0.316. The smallest absolute Gasteiger partial charge is 0.181 e. The number of oxazole rings is 1. The number of nitrogens with zero attached hydrogens (tertiary/aromatic N) is 4. The predicted octanol–water partition coefficient (Wildman–Crippen LogP) is 1.44. The molecule has 2 aromatic heterocycles. The van der Waals surface area contributed by atoms with Crippen molar-refractivity contribution >= 4 is 11.6 Å². The van der Waals surface area contributed by atoms with Gasteiger partial charge in [0, 0.05) is 37.3 Å². The summed E-state index contributed by atoms with van der Waals surface area (Å²) in [6.07, 6.45) is 4.91. The number of nitrogens with one attached hydrogen (secondary N) is 1. The molecule has 1 saturated heterocycles. The number of hydrogen-bond acceptors (Lipinski definition) is 8. The molecule has 4 rings (SSSR count). The summed E-state index contributed by atoms with van der Waals surface area (Å²) < 4.78 is 5.31. The molecular weight excluding hydrogens is 344 g/mol. The van der Waals surface area contributed by atoms with Crippen molar-refractivity contribution in [2.45, 2.75) is 25.1 Å². The molecule has 0 amide bonds. The first-order valence-corrected chi connectivity index (χ1v) is 8.90. The number of hydrogen-bond donors (Lipinski definition) is 3. The average molecular weight is 366 g/mol. The minimum absolute atomic E-state index is 0.155. The number of aliphatic hydroxyl groups is 1. The summed E-state index contributed by atoms with van der Waals surface area (Å²) in [5.74, 6) is 1.94. The average Bonchev–Trinajstić information content (AvgIpc) is 3.32. The van der Waals surface area contributed by atoms with E-state index in [2.05, 4.69) is 37.3 Å². The van der Waals surface area contributed by atoms with Crippen LogP contribution in [0.4, 0.5) is 11.6 Å². The van der Waals surface area contributed by atoms with Gasteiger partial charge in [-0.1, -0.05) is 24.3 Å². The van der Waals surface area contributed by atoms with Crippen molar-refractivity contribution in [3.8, 4) is 11.3 Å². The minimum Gasteiger partial charge on any atom is -0.444 e. The SMILES string of the molecule is Nc1cc(N2C[C@H](O)C[C@@H]2CNCc2ccc(-c3cnco3)cc2)ncn1. The van der Waals surface area contributed by atoms with Gasteiger partial charge in [0.2, 0.25) is 0 Å². The highest BCUT2D eigenvalue weighted by Gasteiger charge is 2.31. The van der Waals surface area contributed by atoms with Crippen molar-refractivity contribution in [1.29, 1.82) is 0 Å². The van der Waals surface area contributed by atoms with E-state index in [-0.39, 0.29) is 12.1 Å². The van der Waals surface area contributed by atoms with Gasteiger partial charge in [-0.15, -0.1) is 0 Å². The van der Waals surface area contributed by atoms with Gasteiger partial charge in [-0.25, -0.2) is 15.0 Å². The first-order valence-electron chi connectivity index (χ1n) is 8.90. The summed E-state index contributed by atoms with van der Waals surface area (Å²) in [7, 11) is 0. The Morgan fingerprint density at radius 1 is 1.26 bits per heavy atom. The summed E-state index contributed by atoms with van der Waals surface area (Å²) in [6.45, 7) is 2.03. The Morgan fingerprint density at radius 3 is 2.85 bits per heavy atom. The molecule has 1 aliphatic heterocycles. The Morgan fingerprint density at radius 2 is 2.11 bits per heavy atom. The van der Waals surface area contributed by atoms with Crippen LogP contribution in [0.15, 0.2) is 53.7 Å². The highest BCUT2D eigenvalue weighted by molar-refractivity contribution is 5.56. The number of β-amino-alcohol motifs (C(OH)–C–C–N with tert-alkyl or cyclic N) is 1. The van der Waals surface area contributed by atoms with Gasteiger partial charge in [0.15, 0.2) is 12.2 Å². The van der Waals surface area contributed by atoms with Crippen molar-refractivity contribution in [1.82, 2.24) is 20.3 Å². The van der Waals surface area contributed by atoms with Gasteiger partial charge >= 0.3 is 0 Å². The van der Waals surface area contributed by atoms with E-state index in [1.807, 2.05) is 12.1 Å². The van der Waals surface area contributed by atoms with E-state index in [1.54, 1.807) is 12.3 Å². The zero-order valence-corrected chi connectivity index (χ0v) is 14.8. The number of nitrogen functional groups attached to an aromatic ring is 1. The number of rotatable bonds is 6. The molecular formula is C19H22N6O2. The summed E-state index contributed by atoms with van der Waals surface area (Å²) in [5, 5.41) is 13.5. The normalized spacial score (nSPS) is 19.5. The van der Waals surface area contributed by atoms with Crippen molar-refractivity contribution < 1.29 is 9.52 Å². The molecule has 3 aromatic rings. The molecule has 140 valence electrons. The van der Waals surface area contributed by atoms with Gasteiger partial charge in [-0.2, -0.15) is 0 Å². The van der Waals surface area contributed by atoms with Gasteiger partial charge in [-0.05, 0) is 12.0 Å². The zero-order chi connectivity index (χ0) is 18.6. The minimum atomic E-state index is -0.367. The maximum absolute atomic E-state index is 10.1. The van der Waals surface area contributed by atoms with E-state index in [1.165, 1.54) is 18.3 Å². The number of aliphatic hydroxyl groups excluding tert-OH is 1. The molecule has 27 heavy (non-hydrogen) atoms. The molecule has 8 nitrogen and oxygen atoms in total. The summed E-state index contributed by atoms with van der Waals surface area (Å²) in [4.78, 5) is 14.2. The molecule has 4 N–H and O–H groups in total. The van der Waals surface area contributed by atoms with Gasteiger partial charge in [0.1, 0.15) is 18.0 Å². The largest absolute Gasteiger partial charge is 0.444 e. The van der Waals surface area contributed by atoms with Gasteiger partial charge < -0.3 is 25.5 Å². The van der Waals surface area contributed by atoms with Crippen LogP contribution in [0.5, 0.6) is 0 Å². The standard InChI is InChI=1S/C19H22N6O2/c20-18-6-19(24-11-23-18)25-10-16(26)5-15(25)8-21-7-13-1-3-14(4-2-13)17-9-22-12-27-17/h1-4,6,9,11-12,15-16,21,26H,5,7-8,10H2,(H2,20,23,24)/t15-,16-/m1/s1. The van der Waals surface area contributed by atoms with Crippen LogP contribution in [0, 0.1) is 0 Å². The van der Waals surface area contributed by atoms with E-state index < -0.39 is 0 Å². The zero-order valence-electron chi connectivity index (χ0n) is 14.8. The molecule has 8 heteroatoms. The second-order valence-electron chi connectivity index (χ2n) is 6.69. The van der Waals surface area contributed by atoms with Crippen LogP contribution in [0.3, 0.4) is 0 Å². The molecule has 2 atom stereocenters. The van der Waals surface area contributed by atoms with Crippen LogP contribution in [0.2, 0.25) is 0 Å². The lowest BCUT2D eigenvalue weighted by molar-refractivity contribution is 0.194. The lowest BCUT2D eigenvalue weighted by atomic mass is 10.1. The van der Waals surface area contributed by atoms with Crippen molar-refractivity contribution in [3.63, 3.8) is 0 Å². The highest BCUT2D eigenvalue weighted by Crippen LogP contribution is 2.24. The Hall–Kier alpha value is -2.97. The maximum atomic E-state index is 10.1. The first-order chi connectivity index (χ1) is 13.2. The summed E-state index contributed by atoms with van der Waals surface area (Å²) in [6, 6.07) is 10.1. The van der Waals surface area contributed by atoms with E-state index >= 15 is 0 Å². The molecule has 0 aliphatic carbocycles. The van der Waals surface area contributed by atoms with E-state index in [0.29, 0.717) is 18.8 Å². The number of nitrogens with two attached hydrogens (primary N) is 1. The predicted molar refractivity (Wildman–Crippen MR) is 102 cm³/mol. The topological polar surface area (TPSA) is 113 Å². The van der Waals surface area contributed by atoms with Crippen LogP contribution >= 0.6 is 0 Å². The van der Waals surface area contributed by atoms with Gasteiger partial charge in [0.25, 0.3) is 0 Å². The number of benzene rings is 1. The lowest BCUT2D eigenvalue weighted by Gasteiger charge is -2.25. The molecule has 0 bridgehead atoms.